The monoisotopic (exact) mass is 570 g/mol. The summed E-state index contributed by atoms with van der Waals surface area (Å²) >= 11 is 1.40. The van der Waals surface area contributed by atoms with Crippen LogP contribution in [0.5, 0.6) is 0 Å². The molecule has 0 aliphatic carbocycles. The second kappa shape index (κ2) is 11.4. The molecular formula is C31H22N8O2S. The lowest BCUT2D eigenvalue weighted by atomic mass is 10.1. The molecule has 1 atom stereocenters. The molecule has 6 rings (SSSR count). The first-order chi connectivity index (χ1) is 20.5. The number of hydrogen-bond donors (Lipinski definition) is 2. The third kappa shape index (κ3) is 5.22. The number of amides is 1. The van der Waals surface area contributed by atoms with Gasteiger partial charge in [0, 0.05) is 28.9 Å². The number of thiazole rings is 1. The minimum Gasteiger partial charge on any atom is -0.382 e. The number of carbonyl (C=O) groups is 1. The molecule has 0 aliphatic heterocycles. The molecule has 0 bridgehead atoms. The van der Waals surface area contributed by atoms with Gasteiger partial charge in [-0.25, -0.2) is 19.9 Å². The first-order valence-electron chi connectivity index (χ1n) is 12.8. The molecule has 4 aromatic heterocycles. The van der Waals surface area contributed by atoms with Crippen LogP contribution in [0.3, 0.4) is 0 Å². The number of benzene rings is 2. The van der Waals surface area contributed by atoms with E-state index >= 15 is 0 Å². The molecule has 11 heteroatoms. The van der Waals surface area contributed by atoms with Crippen LogP contribution in [0, 0.1) is 11.8 Å². The van der Waals surface area contributed by atoms with Gasteiger partial charge in [0.05, 0.1) is 34.3 Å². The summed E-state index contributed by atoms with van der Waals surface area (Å²) in [4.78, 5) is 49.3. The van der Waals surface area contributed by atoms with Crippen LogP contribution >= 0.6 is 11.3 Å². The highest BCUT2D eigenvalue weighted by Crippen LogP contribution is 2.22. The number of fused-ring (bicyclic) bond motifs is 1. The zero-order valence-corrected chi connectivity index (χ0v) is 23.0. The quantitative estimate of drug-likeness (QED) is 0.294. The van der Waals surface area contributed by atoms with Crippen molar-refractivity contribution < 1.29 is 4.79 Å². The summed E-state index contributed by atoms with van der Waals surface area (Å²) < 4.78 is 1.49. The maximum atomic E-state index is 14.2. The molecule has 0 radical (unpaired) electrons. The Morgan fingerprint density at radius 3 is 2.60 bits per heavy atom. The number of rotatable bonds is 5. The van der Waals surface area contributed by atoms with Crippen LogP contribution in [-0.4, -0.2) is 35.4 Å². The van der Waals surface area contributed by atoms with Gasteiger partial charge in [-0.05, 0) is 43.3 Å². The molecular weight excluding hydrogens is 548 g/mol. The van der Waals surface area contributed by atoms with E-state index < -0.39 is 11.9 Å². The molecule has 4 heterocycles. The fourth-order valence-electron chi connectivity index (χ4n) is 4.40. The van der Waals surface area contributed by atoms with Crippen LogP contribution < -0.4 is 16.6 Å². The van der Waals surface area contributed by atoms with Crippen LogP contribution in [-0.2, 0) is 0 Å². The number of hydrogen-bond acceptors (Lipinski definition) is 9. The van der Waals surface area contributed by atoms with Crippen LogP contribution in [0.1, 0.15) is 40.4 Å². The van der Waals surface area contributed by atoms with Crippen molar-refractivity contribution in [3.8, 4) is 28.9 Å². The summed E-state index contributed by atoms with van der Waals surface area (Å²) in [6.45, 7) is 1.74. The van der Waals surface area contributed by atoms with E-state index in [1.165, 1.54) is 22.1 Å². The third-order valence-corrected chi connectivity index (χ3v) is 6.97. The summed E-state index contributed by atoms with van der Waals surface area (Å²) in [7, 11) is 0. The number of nitrogens with zero attached hydrogens (tertiary/aromatic N) is 6. The molecule has 3 N–H and O–H groups in total. The predicted octanol–water partition coefficient (Wildman–Crippen LogP) is 4.17. The van der Waals surface area contributed by atoms with Crippen molar-refractivity contribution in [2.45, 2.75) is 13.0 Å². The van der Waals surface area contributed by atoms with Gasteiger partial charge in [0.25, 0.3) is 11.5 Å². The normalized spacial score (nSPS) is 11.5. The second-order valence-corrected chi connectivity index (χ2v) is 9.91. The van der Waals surface area contributed by atoms with E-state index in [9.17, 15) is 9.59 Å². The number of para-hydroxylation sites is 1. The van der Waals surface area contributed by atoms with Gasteiger partial charge in [0.2, 0.25) is 0 Å². The van der Waals surface area contributed by atoms with E-state index in [4.69, 9.17) is 10.7 Å². The van der Waals surface area contributed by atoms with Gasteiger partial charge < -0.3 is 11.1 Å². The number of nitrogen functional groups attached to an aromatic ring is 1. The SMILES string of the molecule is CC(NC(=O)c1nc(-c2cscn2)cnc1N)c1nc2cccc(C#Cc3cccnc3)c2c(=O)n1-c1ccccc1. The Labute approximate surface area is 244 Å². The van der Waals surface area contributed by atoms with Crippen LogP contribution in [0.2, 0.25) is 0 Å². The standard InChI is InChI=1S/C31H22N8O2S/c1-19(36-30(40)27-28(32)34-16-24(37-27)25-17-42-18-35-25)29-38-23-11-5-8-21(13-12-20-7-6-14-33-15-20)26(23)31(41)39(29)22-9-3-2-4-10-22/h2-11,14-19H,1H3,(H2,32,34)(H,36,40). The zero-order chi connectivity index (χ0) is 29.1. The van der Waals surface area contributed by atoms with E-state index in [0.29, 0.717) is 39.4 Å². The molecule has 0 fully saturated rings. The summed E-state index contributed by atoms with van der Waals surface area (Å²) in [5.41, 5.74) is 10.6. The Morgan fingerprint density at radius 2 is 1.83 bits per heavy atom. The molecule has 0 spiro atoms. The van der Waals surface area contributed by atoms with Crippen molar-refractivity contribution in [2.75, 3.05) is 5.73 Å². The molecule has 6 aromatic rings. The van der Waals surface area contributed by atoms with Crippen molar-refractivity contribution in [2.24, 2.45) is 0 Å². The van der Waals surface area contributed by atoms with E-state index in [2.05, 4.69) is 37.1 Å². The second-order valence-electron chi connectivity index (χ2n) is 9.20. The topological polar surface area (TPSA) is 142 Å². The summed E-state index contributed by atoms with van der Waals surface area (Å²) in [5.74, 6) is 5.91. The smallest absolute Gasteiger partial charge is 0.274 e. The van der Waals surface area contributed by atoms with E-state index in [-0.39, 0.29) is 17.1 Å². The lowest BCUT2D eigenvalue weighted by Gasteiger charge is -2.20. The Bertz CT molecular complexity index is 2030. The Morgan fingerprint density at radius 1 is 0.976 bits per heavy atom. The molecule has 204 valence electrons. The van der Waals surface area contributed by atoms with Crippen molar-refractivity contribution in [3.63, 3.8) is 0 Å². The fourth-order valence-corrected chi connectivity index (χ4v) is 4.95. The molecule has 10 nitrogen and oxygen atoms in total. The van der Waals surface area contributed by atoms with Crippen LogP contribution in [0.15, 0.2) is 94.9 Å². The lowest BCUT2D eigenvalue weighted by molar-refractivity contribution is 0.0933. The van der Waals surface area contributed by atoms with Gasteiger partial charge >= 0.3 is 0 Å². The summed E-state index contributed by atoms with van der Waals surface area (Å²) in [5, 5.41) is 5.06. The Hall–Kier alpha value is -5.73. The van der Waals surface area contributed by atoms with E-state index in [1.54, 1.807) is 66.6 Å². The lowest BCUT2D eigenvalue weighted by Crippen LogP contribution is -2.34. The average Bonchev–Trinajstić information content (AvgIpc) is 3.56. The molecule has 1 unspecified atom stereocenters. The Balaban J connectivity index is 1.44. The van der Waals surface area contributed by atoms with Crippen LogP contribution in [0.25, 0.3) is 28.0 Å². The van der Waals surface area contributed by atoms with Crippen molar-refractivity contribution in [1.29, 1.82) is 0 Å². The predicted molar refractivity (Wildman–Crippen MR) is 161 cm³/mol. The molecule has 0 saturated heterocycles. The van der Waals surface area contributed by atoms with Gasteiger partial charge in [-0.1, -0.05) is 36.1 Å². The van der Waals surface area contributed by atoms with Crippen LogP contribution in [0.4, 0.5) is 5.82 Å². The first-order valence-corrected chi connectivity index (χ1v) is 13.8. The maximum Gasteiger partial charge on any atom is 0.274 e. The van der Waals surface area contributed by atoms with Gasteiger partial charge in [-0.3, -0.25) is 19.1 Å². The molecule has 1 amide bonds. The van der Waals surface area contributed by atoms with Gasteiger partial charge in [-0.2, -0.15) is 0 Å². The zero-order valence-electron chi connectivity index (χ0n) is 22.2. The highest BCUT2D eigenvalue weighted by Gasteiger charge is 2.23. The third-order valence-electron chi connectivity index (χ3n) is 6.39. The molecule has 42 heavy (non-hydrogen) atoms. The minimum atomic E-state index is -0.718. The number of carbonyl (C=O) groups excluding carboxylic acids is 1. The number of nitrogens with one attached hydrogen (secondary N) is 1. The Kier molecular flexibility index (Phi) is 7.19. The fraction of sp³-hybridized carbons (Fsp3) is 0.0645. The molecule has 0 saturated carbocycles. The highest BCUT2D eigenvalue weighted by molar-refractivity contribution is 7.07. The van der Waals surface area contributed by atoms with Gasteiger partial charge in [0.1, 0.15) is 17.2 Å². The van der Waals surface area contributed by atoms with Crippen molar-refractivity contribution in [3.05, 3.63) is 123 Å². The van der Waals surface area contributed by atoms with Gasteiger partial charge in [0.15, 0.2) is 11.5 Å². The number of pyridine rings is 1. The number of aromatic nitrogens is 6. The highest BCUT2D eigenvalue weighted by atomic mass is 32.1. The van der Waals surface area contributed by atoms with E-state index in [1.807, 2.05) is 24.3 Å². The average molecular weight is 571 g/mol. The summed E-state index contributed by atoms with van der Waals surface area (Å²) in [6.07, 6.45) is 4.80. The minimum absolute atomic E-state index is 0.0255. The van der Waals surface area contributed by atoms with Gasteiger partial charge in [-0.15, -0.1) is 11.3 Å². The largest absolute Gasteiger partial charge is 0.382 e. The number of anilines is 1. The first kappa shape index (κ1) is 26.5. The van der Waals surface area contributed by atoms with E-state index in [0.717, 1.165) is 5.56 Å². The van der Waals surface area contributed by atoms with Crippen molar-refractivity contribution in [1.82, 2.24) is 34.8 Å². The van der Waals surface area contributed by atoms with Crippen molar-refractivity contribution >= 4 is 34.0 Å². The maximum absolute atomic E-state index is 14.2. The molecule has 2 aromatic carbocycles. The summed E-state index contributed by atoms with van der Waals surface area (Å²) in [6, 6.07) is 17.4. The number of nitrogens with two attached hydrogens (primary N) is 1. The molecule has 0 aliphatic rings.